The van der Waals surface area contributed by atoms with Crippen molar-refractivity contribution in [3.05, 3.63) is 52.3 Å². The van der Waals surface area contributed by atoms with E-state index in [1.807, 2.05) is 35.7 Å². The third kappa shape index (κ3) is 3.87. The van der Waals surface area contributed by atoms with E-state index in [1.165, 1.54) is 0 Å². The Balaban J connectivity index is 1.26. The number of carbonyl (C=O) groups excluding carboxylic acids is 1. The van der Waals surface area contributed by atoms with E-state index in [1.54, 1.807) is 17.4 Å². The molecule has 0 atom stereocenters. The molecule has 0 radical (unpaired) electrons. The molecule has 134 valence electrons. The van der Waals surface area contributed by atoms with Crippen LogP contribution in [0.4, 0.5) is 0 Å². The van der Waals surface area contributed by atoms with Crippen molar-refractivity contribution < 1.29 is 23.5 Å². The molecule has 0 aliphatic carbocycles. The number of thiophene rings is 1. The molecular weight excluding hydrogens is 356 g/mol. The van der Waals surface area contributed by atoms with Gasteiger partial charge in [-0.2, -0.15) is 0 Å². The highest BCUT2D eigenvalue weighted by atomic mass is 32.1. The Hall–Kier alpha value is -2.84. The minimum Gasteiger partial charge on any atom is -0.454 e. The fourth-order valence-corrected chi connectivity index (χ4v) is 3.11. The number of carbonyl (C=O) groups is 1. The Morgan fingerprint density at radius 3 is 3.04 bits per heavy atom. The lowest BCUT2D eigenvalue weighted by Crippen LogP contribution is -2.26. The van der Waals surface area contributed by atoms with Crippen molar-refractivity contribution in [3.63, 3.8) is 0 Å². The number of nitrogens with zero attached hydrogens (tertiary/aromatic N) is 1. The first-order chi connectivity index (χ1) is 12.8. The van der Waals surface area contributed by atoms with Gasteiger partial charge in [0.15, 0.2) is 17.3 Å². The van der Waals surface area contributed by atoms with E-state index in [-0.39, 0.29) is 25.9 Å². The molecule has 0 saturated heterocycles. The number of ether oxygens (including phenoxy) is 3. The molecule has 1 N–H and O–H groups in total. The van der Waals surface area contributed by atoms with Crippen molar-refractivity contribution in [1.29, 1.82) is 0 Å². The van der Waals surface area contributed by atoms with E-state index < -0.39 is 0 Å². The summed E-state index contributed by atoms with van der Waals surface area (Å²) < 4.78 is 21.4. The number of nitrogens with one attached hydrogen (secondary N) is 1. The molecule has 3 heterocycles. The van der Waals surface area contributed by atoms with Crippen LogP contribution in [0.5, 0.6) is 11.5 Å². The van der Waals surface area contributed by atoms with Crippen LogP contribution in [-0.2, 0) is 22.7 Å². The quantitative estimate of drug-likeness (QED) is 0.687. The molecule has 1 aliphatic rings. The van der Waals surface area contributed by atoms with Crippen LogP contribution in [-0.4, -0.2) is 24.5 Å². The van der Waals surface area contributed by atoms with E-state index in [0.29, 0.717) is 29.5 Å². The van der Waals surface area contributed by atoms with Gasteiger partial charge in [0.25, 0.3) is 0 Å². The van der Waals surface area contributed by atoms with Crippen LogP contribution in [0.25, 0.3) is 11.3 Å². The van der Waals surface area contributed by atoms with Gasteiger partial charge in [0, 0.05) is 16.5 Å². The highest BCUT2D eigenvalue weighted by molar-refractivity contribution is 7.09. The maximum absolute atomic E-state index is 11.8. The summed E-state index contributed by atoms with van der Waals surface area (Å²) in [6.45, 7) is 0.902. The summed E-state index contributed by atoms with van der Waals surface area (Å²) in [5, 5.41) is 8.74. The fourth-order valence-electron chi connectivity index (χ4n) is 2.46. The minimum atomic E-state index is -0.169. The molecule has 26 heavy (non-hydrogen) atoms. The van der Waals surface area contributed by atoms with Gasteiger partial charge in [-0.15, -0.1) is 11.3 Å². The maximum atomic E-state index is 11.8. The second-order valence-electron chi connectivity index (χ2n) is 5.60. The number of amides is 1. The third-order valence-corrected chi connectivity index (χ3v) is 4.62. The van der Waals surface area contributed by atoms with Crippen molar-refractivity contribution in [2.24, 2.45) is 0 Å². The molecule has 2 aromatic heterocycles. The summed E-state index contributed by atoms with van der Waals surface area (Å²) in [6, 6.07) is 11.2. The van der Waals surface area contributed by atoms with Crippen LogP contribution >= 0.6 is 11.3 Å². The van der Waals surface area contributed by atoms with E-state index >= 15 is 0 Å². The largest absolute Gasteiger partial charge is 0.454 e. The Bertz CT molecular complexity index is 891. The summed E-state index contributed by atoms with van der Waals surface area (Å²) in [5.74, 6) is 1.83. The number of benzene rings is 1. The summed E-state index contributed by atoms with van der Waals surface area (Å²) in [4.78, 5) is 12.9. The van der Waals surface area contributed by atoms with Gasteiger partial charge in [-0.05, 0) is 29.6 Å². The number of fused-ring (bicyclic) bond motifs is 1. The van der Waals surface area contributed by atoms with Gasteiger partial charge < -0.3 is 24.1 Å². The lowest BCUT2D eigenvalue weighted by atomic mass is 10.1. The normalized spacial score (nSPS) is 12.3. The van der Waals surface area contributed by atoms with E-state index in [9.17, 15) is 4.79 Å². The third-order valence-electron chi connectivity index (χ3n) is 3.74. The van der Waals surface area contributed by atoms with Crippen LogP contribution in [0, 0.1) is 0 Å². The molecule has 0 spiro atoms. The summed E-state index contributed by atoms with van der Waals surface area (Å²) in [5.41, 5.74) is 1.45. The van der Waals surface area contributed by atoms with E-state index in [4.69, 9.17) is 18.7 Å². The van der Waals surface area contributed by atoms with Gasteiger partial charge in [0.2, 0.25) is 12.7 Å². The molecule has 0 fully saturated rings. The fraction of sp³-hybridized carbons (Fsp3) is 0.222. The Morgan fingerprint density at radius 2 is 2.15 bits per heavy atom. The van der Waals surface area contributed by atoms with Crippen molar-refractivity contribution >= 4 is 17.2 Å². The van der Waals surface area contributed by atoms with Crippen molar-refractivity contribution in [3.8, 4) is 22.8 Å². The SMILES string of the molecule is O=C(COCc1cc(-c2ccc3c(c2)OCO3)on1)NCc1cccs1. The Labute approximate surface area is 153 Å². The van der Waals surface area contributed by atoms with Gasteiger partial charge >= 0.3 is 0 Å². The minimum absolute atomic E-state index is 0.0302. The highest BCUT2D eigenvalue weighted by Crippen LogP contribution is 2.36. The van der Waals surface area contributed by atoms with Crippen LogP contribution in [0.2, 0.25) is 0 Å². The highest BCUT2D eigenvalue weighted by Gasteiger charge is 2.16. The molecule has 0 unspecified atom stereocenters. The van der Waals surface area contributed by atoms with E-state index in [2.05, 4.69) is 10.5 Å². The average molecular weight is 372 g/mol. The standard InChI is InChI=1S/C18H16N2O5S/c21-18(19-8-14-2-1-5-26-14)10-22-9-13-7-16(25-20-13)12-3-4-15-17(6-12)24-11-23-15/h1-7H,8-11H2,(H,19,21). The topological polar surface area (TPSA) is 82.8 Å². The van der Waals surface area contributed by atoms with Crippen LogP contribution in [0.1, 0.15) is 10.6 Å². The lowest BCUT2D eigenvalue weighted by Gasteiger charge is -2.03. The molecule has 3 aromatic rings. The zero-order valence-electron chi connectivity index (χ0n) is 13.8. The first-order valence-corrected chi connectivity index (χ1v) is 8.88. The zero-order valence-corrected chi connectivity index (χ0v) is 14.6. The molecule has 0 bridgehead atoms. The molecule has 1 aliphatic heterocycles. The van der Waals surface area contributed by atoms with Crippen LogP contribution in [0.15, 0.2) is 46.3 Å². The Kier molecular flexibility index (Phi) is 4.85. The first kappa shape index (κ1) is 16.6. The van der Waals surface area contributed by atoms with Crippen molar-refractivity contribution in [2.75, 3.05) is 13.4 Å². The number of rotatable bonds is 7. The van der Waals surface area contributed by atoms with Gasteiger partial charge in [-0.25, -0.2) is 0 Å². The van der Waals surface area contributed by atoms with Gasteiger partial charge in [0.05, 0.1) is 13.2 Å². The van der Waals surface area contributed by atoms with E-state index in [0.717, 1.165) is 10.4 Å². The number of hydrogen-bond acceptors (Lipinski definition) is 7. The molecule has 0 saturated carbocycles. The van der Waals surface area contributed by atoms with Crippen molar-refractivity contribution in [2.45, 2.75) is 13.2 Å². The lowest BCUT2D eigenvalue weighted by molar-refractivity contribution is -0.126. The molecule has 8 heteroatoms. The molecule has 7 nitrogen and oxygen atoms in total. The van der Waals surface area contributed by atoms with Crippen LogP contribution in [0.3, 0.4) is 0 Å². The van der Waals surface area contributed by atoms with Crippen molar-refractivity contribution in [1.82, 2.24) is 10.5 Å². The monoisotopic (exact) mass is 372 g/mol. The second-order valence-corrected chi connectivity index (χ2v) is 6.63. The first-order valence-electron chi connectivity index (χ1n) is 8.00. The van der Waals surface area contributed by atoms with Gasteiger partial charge in [0.1, 0.15) is 12.3 Å². The Morgan fingerprint density at radius 1 is 1.23 bits per heavy atom. The summed E-state index contributed by atoms with van der Waals surface area (Å²) in [7, 11) is 0. The summed E-state index contributed by atoms with van der Waals surface area (Å²) >= 11 is 1.60. The molecular formula is C18H16N2O5S. The average Bonchev–Trinajstić information content (AvgIpc) is 3.40. The molecule has 1 aromatic carbocycles. The smallest absolute Gasteiger partial charge is 0.246 e. The predicted molar refractivity (Wildman–Crippen MR) is 93.9 cm³/mol. The second kappa shape index (κ2) is 7.59. The molecule has 1 amide bonds. The van der Waals surface area contributed by atoms with Crippen LogP contribution < -0.4 is 14.8 Å². The summed E-state index contributed by atoms with van der Waals surface area (Å²) in [6.07, 6.45) is 0. The predicted octanol–water partition coefficient (Wildman–Crippen LogP) is 2.96. The number of aromatic nitrogens is 1. The van der Waals surface area contributed by atoms with Gasteiger partial charge in [-0.3, -0.25) is 4.79 Å². The molecule has 4 rings (SSSR count). The van der Waals surface area contributed by atoms with Gasteiger partial charge in [-0.1, -0.05) is 11.2 Å². The maximum Gasteiger partial charge on any atom is 0.246 e. The number of hydrogen-bond donors (Lipinski definition) is 1. The zero-order chi connectivity index (χ0) is 17.8.